The van der Waals surface area contributed by atoms with Crippen LogP contribution in [0.5, 0.6) is 0 Å². The Hall–Kier alpha value is -1.31. The highest BCUT2D eigenvalue weighted by Gasteiger charge is 2.13. The third-order valence-corrected chi connectivity index (χ3v) is 2.49. The minimum atomic E-state index is 0.896. The van der Waals surface area contributed by atoms with E-state index in [1.165, 1.54) is 5.69 Å². The molecule has 0 unspecified atom stereocenters. The van der Waals surface area contributed by atoms with Crippen LogP contribution in [0.3, 0.4) is 0 Å². The highest BCUT2D eigenvalue weighted by Crippen LogP contribution is 2.17. The molecule has 1 aromatic rings. The van der Waals surface area contributed by atoms with Crippen molar-refractivity contribution in [2.45, 2.75) is 12.8 Å². The lowest BCUT2D eigenvalue weighted by Crippen LogP contribution is -2.33. The molecule has 13 heavy (non-hydrogen) atoms. The van der Waals surface area contributed by atoms with Crippen molar-refractivity contribution >= 4 is 11.4 Å². The summed E-state index contributed by atoms with van der Waals surface area (Å²) >= 11 is 0. The second-order valence-corrected chi connectivity index (χ2v) is 3.43. The number of para-hydroxylation sites is 1. The molecule has 0 radical (unpaired) electrons. The van der Waals surface area contributed by atoms with Gasteiger partial charge in [-0.15, -0.1) is 0 Å². The Morgan fingerprint density at radius 2 is 1.62 bits per heavy atom. The van der Waals surface area contributed by atoms with E-state index in [9.17, 15) is 0 Å². The van der Waals surface area contributed by atoms with Crippen LogP contribution in [0.4, 0.5) is 5.69 Å². The first-order valence-electron chi connectivity index (χ1n) is 4.72. The molecule has 0 aromatic heterocycles. The summed E-state index contributed by atoms with van der Waals surface area (Å²) < 4.78 is 0. The molecule has 0 aliphatic carbocycles. The fraction of sp³-hybridized carbons (Fsp3) is 0.364. The summed E-state index contributed by atoms with van der Waals surface area (Å²) in [5, 5.41) is 7.51. The Balaban J connectivity index is 2.07. The molecule has 2 rings (SSSR count). The van der Waals surface area contributed by atoms with Gasteiger partial charge in [0, 0.05) is 37.3 Å². The predicted octanol–water partition coefficient (Wildman–Crippen LogP) is 2.31. The maximum Gasteiger partial charge on any atom is 0.0366 e. The van der Waals surface area contributed by atoms with Crippen LogP contribution in [0.2, 0.25) is 0 Å². The molecule has 0 spiro atoms. The standard InChI is InChI=1S/C11H14N2/c12-10-6-8-13(9-7-10)11-4-2-1-3-5-11/h1-5,12H,6-9H2. The van der Waals surface area contributed by atoms with Crippen molar-refractivity contribution in [3.63, 3.8) is 0 Å². The Kier molecular flexibility index (Phi) is 2.30. The van der Waals surface area contributed by atoms with Crippen LogP contribution in [0.25, 0.3) is 0 Å². The van der Waals surface area contributed by atoms with Crippen molar-refractivity contribution < 1.29 is 0 Å². The molecule has 2 nitrogen and oxygen atoms in total. The second kappa shape index (κ2) is 3.60. The highest BCUT2D eigenvalue weighted by molar-refractivity contribution is 5.83. The number of benzene rings is 1. The summed E-state index contributed by atoms with van der Waals surface area (Å²) in [5.41, 5.74) is 2.18. The second-order valence-electron chi connectivity index (χ2n) is 3.43. The van der Waals surface area contributed by atoms with Gasteiger partial charge in [-0.3, -0.25) is 0 Å². The molecule has 0 bridgehead atoms. The molecule has 0 atom stereocenters. The van der Waals surface area contributed by atoms with Crippen LogP contribution >= 0.6 is 0 Å². The Morgan fingerprint density at radius 1 is 1.00 bits per heavy atom. The number of nitrogens with one attached hydrogen (secondary N) is 1. The van der Waals surface area contributed by atoms with Gasteiger partial charge in [0.2, 0.25) is 0 Å². The first-order valence-corrected chi connectivity index (χ1v) is 4.72. The van der Waals surface area contributed by atoms with Gasteiger partial charge >= 0.3 is 0 Å². The van der Waals surface area contributed by atoms with E-state index in [2.05, 4.69) is 29.2 Å². The van der Waals surface area contributed by atoms with Gasteiger partial charge in [0.1, 0.15) is 0 Å². The molecule has 1 heterocycles. The average Bonchev–Trinajstić information content (AvgIpc) is 2.20. The molecule has 0 saturated carbocycles. The number of rotatable bonds is 1. The summed E-state index contributed by atoms with van der Waals surface area (Å²) in [5.74, 6) is 0. The van der Waals surface area contributed by atoms with Crippen LogP contribution in [-0.2, 0) is 0 Å². The minimum absolute atomic E-state index is 0.896. The third-order valence-electron chi connectivity index (χ3n) is 2.49. The van der Waals surface area contributed by atoms with E-state index in [-0.39, 0.29) is 0 Å². The molecular weight excluding hydrogens is 160 g/mol. The smallest absolute Gasteiger partial charge is 0.0366 e. The van der Waals surface area contributed by atoms with Crippen LogP contribution in [0, 0.1) is 5.41 Å². The number of piperidine rings is 1. The SMILES string of the molecule is N=C1CCN(c2ccccc2)CC1. The Bertz CT molecular complexity index is 282. The Labute approximate surface area is 78.7 Å². The molecule has 2 heteroatoms. The first kappa shape index (κ1) is 8.30. The Morgan fingerprint density at radius 3 is 2.23 bits per heavy atom. The maximum absolute atomic E-state index is 7.51. The summed E-state index contributed by atoms with van der Waals surface area (Å²) in [6.07, 6.45) is 1.85. The van der Waals surface area contributed by atoms with E-state index < -0.39 is 0 Å². The van der Waals surface area contributed by atoms with Crippen molar-refractivity contribution in [3.8, 4) is 0 Å². The zero-order valence-electron chi connectivity index (χ0n) is 7.66. The van der Waals surface area contributed by atoms with Crippen molar-refractivity contribution in [1.82, 2.24) is 0 Å². The summed E-state index contributed by atoms with van der Waals surface area (Å²) in [6.45, 7) is 2.01. The summed E-state index contributed by atoms with van der Waals surface area (Å²) in [7, 11) is 0. The lowest BCUT2D eigenvalue weighted by atomic mass is 10.1. The zero-order chi connectivity index (χ0) is 9.10. The van der Waals surface area contributed by atoms with Gasteiger partial charge in [0.05, 0.1) is 0 Å². The monoisotopic (exact) mass is 174 g/mol. The van der Waals surface area contributed by atoms with Crippen molar-refractivity contribution in [3.05, 3.63) is 30.3 Å². The molecule has 1 saturated heterocycles. The largest absolute Gasteiger partial charge is 0.371 e. The van der Waals surface area contributed by atoms with Crippen LogP contribution in [0.1, 0.15) is 12.8 Å². The number of hydrogen-bond acceptors (Lipinski definition) is 2. The van der Waals surface area contributed by atoms with Crippen LogP contribution < -0.4 is 4.90 Å². The maximum atomic E-state index is 7.51. The molecule has 1 fully saturated rings. The van der Waals surface area contributed by atoms with E-state index in [0.29, 0.717) is 0 Å². The van der Waals surface area contributed by atoms with Gasteiger partial charge in [-0.25, -0.2) is 0 Å². The molecule has 68 valence electrons. The van der Waals surface area contributed by atoms with Crippen LogP contribution in [0.15, 0.2) is 30.3 Å². The number of nitrogens with zero attached hydrogens (tertiary/aromatic N) is 1. The van der Waals surface area contributed by atoms with E-state index in [1.54, 1.807) is 0 Å². The summed E-state index contributed by atoms with van der Waals surface area (Å²) in [4.78, 5) is 2.35. The van der Waals surface area contributed by atoms with Gasteiger partial charge in [0.15, 0.2) is 0 Å². The lowest BCUT2D eigenvalue weighted by molar-refractivity contribution is 0.755. The topological polar surface area (TPSA) is 27.1 Å². The van der Waals surface area contributed by atoms with Crippen molar-refractivity contribution in [1.29, 1.82) is 5.41 Å². The van der Waals surface area contributed by atoms with Crippen LogP contribution in [-0.4, -0.2) is 18.8 Å². The first-order chi connectivity index (χ1) is 6.36. The highest BCUT2D eigenvalue weighted by atomic mass is 15.1. The predicted molar refractivity (Wildman–Crippen MR) is 55.6 cm³/mol. The zero-order valence-corrected chi connectivity index (χ0v) is 7.66. The van der Waals surface area contributed by atoms with Gasteiger partial charge in [-0.05, 0) is 12.1 Å². The number of hydrogen-bond donors (Lipinski definition) is 1. The summed E-state index contributed by atoms with van der Waals surface area (Å²) in [6, 6.07) is 10.4. The van der Waals surface area contributed by atoms with Gasteiger partial charge < -0.3 is 10.3 Å². The molecular formula is C11H14N2. The molecule has 1 aliphatic rings. The average molecular weight is 174 g/mol. The van der Waals surface area contributed by atoms with Crippen molar-refractivity contribution in [2.24, 2.45) is 0 Å². The molecule has 1 aromatic carbocycles. The van der Waals surface area contributed by atoms with Gasteiger partial charge in [-0.2, -0.15) is 0 Å². The normalized spacial score (nSPS) is 17.5. The molecule has 1 N–H and O–H groups in total. The number of anilines is 1. The molecule has 0 amide bonds. The van der Waals surface area contributed by atoms with E-state index in [0.717, 1.165) is 31.6 Å². The fourth-order valence-corrected chi connectivity index (χ4v) is 1.67. The quantitative estimate of drug-likeness (QED) is 0.695. The van der Waals surface area contributed by atoms with Gasteiger partial charge in [-0.1, -0.05) is 18.2 Å². The third kappa shape index (κ3) is 1.89. The van der Waals surface area contributed by atoms with E-state index in [4.69, 9.17) is 5.41 Å². The lowest BCUT2D eigenvalue weighted by Gasteiger charge is -2.29. The van der Waals surface area contributed by atoms with Gasteiger partial charge in [0.25, 0.3) is 0 Å². The van der Waals surface area contributed by atoms with E-state index >= 15 is 0 Å². The van der Waals surface area contributed by atoms with E-state index in [1.807, 2.05) is 6.07 Å². The van der Waals surface area contributed by atoms with Crippen molar-refractivity contribution in [2.75, 3.05) is 18.0 Å². The fourth-order valence-electron chi connectivity index (χ4n) is 1.67. The molecule has 1 aliphatic heterocycles. The minimum Gasteiger partial charge on any atom is -0.371 e.